The average Bonchev–Trinajstić information content (AvgIpc) is 2.80. The van der Waals surface area contributed by atoms with Crippen molar-refractivity contribution < 1.29 is 13.9 Å². The molecule has 1 aromatic heterocycles. The lowest BCUT2D eigenvalue weighted by Crippen LogP contribution is -2.42. The first-order chi connectivity index (χ1) is 9.50. The minimum atomic E-state index is -0.996. The van der Waals surface area contributed by atoms with Gasteiger partial charge in [-0.15, -0.1) is 0 Å². The van der Waals surface area contributed by atoms with E-state index in [1.807, 2.05) is 0 Å². The molecule has 0 fully saturated rings. The van der Waals surface area contributed by atoms with Crippen LogP contribution < -0.4 is 5.73 Å². The highest BCUT2D eigenvalue weighted by Crippen LogP contribution is 2.28. The summed E-state index contributed by atoms with van der Waals surface area (Å²) in [7, 11) is 1.70. The smallest absolute Gasteiger partial charge is 0.138 e. The Morgan fingerprint density at radius 3 is 2.40 bits per heavy atom. The number of hydrogen-bond donors (Lipinski definition) is 2. The van der Waals surface area contributed by atoms with Crippen LogP contribution in [0.15, 0.2) is 24.5 Å². The van der Waals surface area contributed by atoms with Crippen LogP contribution in [-0.4, -0.2) is 33.0 Å². The Morgan fingerprint density at radius 2 is 1.95 bits per heavy atom. The van der Waals surface area contributed by atoms with Crippen molar-refractivity contribution in [3.63, 3.8) is 0 Å². The van der Waals surface area contributed by atoms with Gasteiger partial charge in [0.25, 0.3) is 0 Å². The normalized spacial score (nSPS) is 14.2. The van der Waals surface area contributed by atoms with Crippen LogP contribution in [0.2, 0.25) is 0 Å². The Hall–Kier alpha value is -1.86. The fraction of sp³-hybridized carbons (Fsp3) is 0.385. The minimum Gasteiger partial charge on any atom is -0.395 e. The molecule has 2 rings (SSSR count). The molecule has 0 amide bonds. The van der Waals surface area contributed by atoms with Crippen molar-refractivity contribution >= 4 is 0 Å². The topological polar surface area (TPSA) is 77.0 Å². The zero-order valence-corrected chi connectivity index (χ0v) is 11.1. The van der Waals surface area contributed by atoms with Crippen molar-refractivity contribution in [2.75, 3.05) is 13.2 Å². The maximum absolute atomic E-state index is 13.4. The number of halogens is 2. The number of aromatic nitrogens is 3. The molecule has 0 bridgehead atoms. The van der Waals surface area contributed by atoms with Crippen LogP contribution in [0.25, 0.3) is 0 Å². The van der Waals surface area contributed by atoms with Gasteiger partial charge >= 0.3 is 0 Å². The van der Waals surface area contributed by atoms with E-state index in [4.69, 9.17) is 5.73 Å². The van der Waals surface area contributed by atoms with Crippen molar-refractivity contribution in [1.29, 1.82) is 0 Å². The van der Waals surface area contributed by atoms with Crippen molar-refractivity contribution in [2.24, 2.45) is 12.8 Å². The van der Waals surface area contributed by atoms with E-state index in [0.717, 1.165) is 6.07 Å². The predicted molar refractivity (Wildman–Crippen MR) is 68.9 cm³/mol. The van der Waals surface area contributed by atoms with Gasteiger partial charge in [-0.05, 0) is 17.7 Å². The summed E-state index contributed by atoms with van der Waals surface area (Å²) in [4.78, 5) is 4.06. The Labute approximate surface area is 115 Å². The van der Waals surface area contributed by atoms with Crippen molar-refractivity contribution in [3.8, 4) is 0 Å². The number of nitrogens with zero attached hydrogens (tertiary/aromatic N) is 3. The summed E-state index contributed by atoms with van der Waals surface area (Å²) < 4.78 is 28.3. The number of nitrogens with two attached hydrogens (primary N) is 1. The highest BCUT2D eigenvalue weighted by atomic mass is 19.1. The predicted octanol–water partition coefficient (Wildman–Crippen LogP) is 0.525. The number of aliphatic hydroxyl groups is 1. The summed E-state index contributed by atoms with van der Waals surface area (Å²) >= 11 is 0. The summed E-state index contributed by atoms with van der Waals surface area (Å²) in [5, 5.41) is 13.7. The summed E-state index contributed by atoms with van der Waals surface area (Å²) in [5.41, 5.74) is 5.07. The lowest BCUT2D eigenvalue weighted by Gasteiger charge is -2.30. The molecular formula is C13H16F2N4O. The molecule has 0 aliphatic heterocycles. The third kappa shape index (κ3) is 2.68. The van der Waals surface area contributed by atoms with E-state index in [1.165, 1.54) is 23.1 Å². The number of hydrogen-bond acceptors (Lipinski definition) is 4. The Balaban J connectivity index is 2.45. The number of aliphatic hydroxyl groups excluding tert-OH is 1. The van der Waals surface area contributed by atoms with Gasteiger partial charge in [-0.2, -0.15) is 5.10 Å². The van der Waals surface area contributed by atoms with Crippen LogP contribution in [0, 0.1) is 11.6 Å². The molecular weight excluding hydrogens is 266 g/mol. The molecule has 20 heavy (non-hydrogen) atoms. The second kappa shape index (κ2) is 5.64. The average molecular weight is 282 g/mol. The highest BCUT2D eigenvalue weighted by Gasteiger charge is 2.33. The number of aryl methyl sites for hydroxylation is 1. The molecule has 0 radical (unpaired) electrons. The highest BCUT2D eigenvalue weighted by molar-refractivity contribution is 5.29. The molecule has 3 N–H and O–H groups in total. The molecule has 0 saturated carbocycles. The van der Waals surface area contributed by atoms with Crippen LogP contribution in [0.4, 0.5) is 8.78 Å². The van der Waals surface area contributed by atoms with Gasteiger partial charge < -0.3 is 10.8 Å². The van der Waals surface area contributed by atoms with Crippen molar-refractivity contribution in [2.45, 2.75) is 11.8 Å². The number of benzene rings is 1. The van der Waals surface area contributed by atoms with Crippen molar-refractivity contribution in [1.82, 2.24) is 14.8 Å². The number of rotatable bonds is 5. The molecule has 0 spiro atoms. The van der Waals surface area contributed by atoms with Crippen LogP contribution >= 0.6 is 0 Å². The van der Waals surface area contributed by atoms with Gasteiger partial charge in [0.05, 0.1) is 6.61 Å². The second-order valence-electron chi connectivity index (χ2n) is 4.78. The van der Waals surface area contributed by atoms with Crippen LogP contribution in [0.1, 0.15) is 11.4 Å². The van der Waals surface area contributed by atoms with Gasteiger partial charge in [0.2, 0.25) is 0 Å². The van der Waals surface area contributed by atoms with E-state index < -0.39 is 17.0 Å². The van der Waals surface area contributed by atoms with Crippen molar-refractivity contribution in [3.05, 3.63) is 47.5 Å². The zero-order valence-electron chi connectivity index (χ0n) is 11.1. The van der Waals surface area contributed by atoms with E-state index in [9.17, 15) is 13.9 Å². The van der Waals surface area contributed by atoms with E-state index in [2.05, 4.69) is 10.1 Å². The zero-order chi connectivity index (χ0) is 14.8. The fourth-order valence-corrected chi connectivity index (χ4v) is 2.15. The molecule has 1 aromatic carbocycles. The fourth-order valence-electron chi connectivity index (χ4n) is 2.15. The van der Waals surface area contributed by atoms with E-state index in [-0.39, 0.29) is 19.6 Å². The summed E-state index contributed by atoms with van der Waals surface area (Å²) in [6, 6.07) is 3.15. The monoisotopic (exact) mass is 282 g/mol. The summed E-state index contributed by atoms with van der Waals surface area (Å²) in [6.07, 6.45) is 1.61. The van der Waals surface area contributed by atoms with Gasteiger partial charge in [-0.1, -0.05) is 0 Å². The van der Waals surface area contributed by atoms with Crippen LogP contribution in [0.3, 0.4) is 0 Å². The Morgan fingerprint density at radius 1 is 1.30 bits per heavy atom. The van der Waals surface area contributed by atoms with Gasteiger partial charge in [-0.3, -0.25) is 4.68 Å². The molecule has 0 saturated heterocycles. The third-order valence-corrected chi connectivity index (χ3v) is 3.47. The quantitative estimate of drug-likeness (QED) is 0.838. The second-order valence-corrected chi connectivity index (χ2v) is 4.78. The first kappa shape index (κ1) is 14.5. The maximum Gasteiger partial charge on any atom is 0.138 e. The van der Waals surface area contributed by atoms with E-state index in [0.29, 0.717) is 11.4 Å². The summed E-state index contributed by atoms with van der Waals surface area (Å²) in [6.45, 7) is -0.321. The Bertz CT molecular complexity index is 576. The van der Waals surface area contributed by atoms with Gasteiger partial charge in [-0.25, -0.2) is 13.8 Å². The first-order valence-electron chi connectivity index (χ1n) is 6.11. The minimum absolute atomic E-state index is 0.0270. The molecule has 2 aromatic rings. The van der Waals surface area contributed by atoms with Crippen LogP contribution in [-0.2, 0) is 18.9 Å². The maximum atomic E-state index is 13.4. The molecule has 108 valence electrons. The van der Waals surface area contributed by atoms with Gasteiger partial charge in [0, 0.05) is 31.5 Å². The lowest BCUT2D eigenvalue weighted by atomic mass is 9.78. The van der Waals surface area contributed by atoms with Gasteiger partial charge in [0.1, 0.15) is 23.8 Å². The molecule has 0 aliphatic carbocycles. The molecule has 1 atom stereocenters. The van der Waals surface area contributed by atoms with Gasteiger partial charge in [0.15, 0.2) is 0 Å². The summed E-state index contributed by atoms with van der Waals surface area (Å²) in [5.74, 6) is -0.831. The SMILES string of the molecule is Cn1ncnc1CC(CN)(CO)c1cc(F)cc(F)c1. The van der Waals surface area contributed by atoms with Crippen LogP contribution in [0.5, 0.6) is 0 Å². The standard InChI is InChI=1S/C13H16F2N4O/c1-19-12(17-8-18-19)5-13(6-16,7-20)9-2-10(14)4-11(15)3-9/h2-4,8,20H,5-7,16H2,1H3. The molecule has 5 nitrogen and oxygen atoms in total. The Kier molecular flexibility index (Phi) is 4.10. The first-order valence-corrected chi connectivity index (χ1v) is 6.11. The lowest BCUT2D eigenvalue weighted by molar-refractivity contribution is 0.192. The largest absolute Gasteiger partial charge is 0.395 e. The molecule has 1 unspecified atom stereocenters. The van der Waals surface area contributed by atoms with E-state index >= 15 is 0 Å². The molecule has 1 heterocycles. The third-order valence-electron chi connectivity index (χ3n) is 3.47. The molecule has 0 aliphatic rings. The van der Waals surface area contributed by atoms with E-state index in [1.54, 1.807) is 7.05 Å². The molecule has 7 heteroatoms.